The smallest absolute Gasteiger partial charge is 0.151 e. The molecule has 0 amide bonds. The van der Waals surface area contributed by atoms with Crippen molar-refractivity contribution in [2.24, 2.45) is 11.7 Å². The van der Waals surface area contributed by atoms with E-state index in [1.165, 1.54) is 6.26 Å². The topological polar surface area (TPSA) is 60.2 Å². The predicted molar refractivity (Wildman–Crippen MR) is 45.0 cm³/mol. The third-order valence-corrected chi connectivity index (χ3v) is 4.54. The first-order valence-corrected chi connectivity index (χ1v) is 5.71. The molecule has 1 rings (SSSR count). The molecule has 3 unspecified atom stereocenters. The Balaban J connectivity index is 2.79. The van der Waals surface area contributed by atoms with E-state index in [2.05, 4.69) is 0 Å². The van der Waals surface area contributed by atoms with Crippen LogP contribution < -0.4 is 5.73 Å². The Morgan fingerprint density at radius 2 is 2.00 bits per heavy atom. The second-order valence-corrected chi connectivity index (χ2v) is 6.06. The van der Waals surface area contributed by atoms with Gasteiger partial charge >= 0.3 is 0 Å². The summed E-state index contributed by atoms with van der Waals surface area (Å²) in [5.74, 6) is 0.354. The van der Waals surface area contributed by atoms with E-state index in [4.69, 9.17) is 5.73 Å². The first-order valence-electron chi connectivity index (χ1n) is 3.76. The maximum absolute atomic E-state index is 11.1. The van der Waals surface area contributed by atoms with Gasteiger partial charge in [-0.15, -0.1) is 0 Å². The zero-order chi connectivity index (χ0) is 8.86. The zero-order valence-corrected chi connectivity index (χ0v) is 7.98. The third-order valence-electron chi connectivity index (χ3n) is 2.82. The highest BCUT2D eigenvalue weighted by molar-refractivity contribution is 7.91. The minimum Gasteiger partial charge on any atom is -0.324 e. The van der Waals surface area contributed by atoms with Gasteiger partial charge < -0.3 is 5.73 Å². The lowest BCUT2D eigenvalue weighted by Gasteiger charge is -2.17. The van der Waals surface area contributed by atoms with Crippen LogP contribution in [0.3, 0.4) is 0 Å². The molecule has 0 aliphatic heterocycles. The number of hydrogen-bond acceptors (Lipinski definition) is 3. The van der Waals surface area contributed by atoms with Crippen molar-refractivity contribution in [2.75, 3.05) is 6.26 Å². The minimum absolute atomic E-state index is 0.354. The molecule has 1 saturated carbocycles. The lowest BCUT2D eigenvalue weighted by Crippen LogP contribution is -2.41. The fraction of sp³-hybridized carbons (Fsp3) is 1.00. The maximum atomic E-state index is 11.1. The Hall–Kier alpha value is -0.0900. The molecule has 1 fully saturated rings. The number of sulfone groups is 1. The van der Waals surface area contributed by atoms with Gasteiger partial charge in [0.25, 0.3) is 0 Å². The molecule has 0 radical (unpaired) electrons. The molecule has 0 saturated heterocycles. The van der Waals surface area contributed by atoms with E-state index in [9.17, 15) is 8.42 Å². The van der Waals surface area contributed by atoms with Crippen molar-refractivity contribution < 1.29 is 8.42 Å². The van der Waals surface area contributed by atoms with Crippen LogP contribution in [0.4, 0.5) is 0 Å². The Kier molecular flexibility index (Phi) is 1.80. The van der Waals surface area contributed by atoms with E-state index in [1.54, 1.807) is 6.92 Å². The van der Waals surface area contributed by atoms with E-state index >= 15 is 0 Å². The highest BCUT2D eigenvalue weighted by atomic mass is 32.2. The summed E-state index contributed by atoms with van der Waals surface area (Å²) in [6, 6.07) is 0. The minimum atomic E-state index is -2.96. The van der Waals surface area contributed by atoms with Crippen LogP contribution in [0.2, 0.25) is 0 Å². The molecule has 2 N–H and O–H groups in total. The lowest BCUT2D eigenvalue weighted by atomic mass is 10.2. The lowest BCUT2D eigenvalue weighted by molar-refractivity contribution is 0.543. The van der Waals surface area contributed by atoms with Gasteiger partial charge in [-0.1, -0.05) is 6.92 Å². The summed E-state index contributed by atoms with van der Waals surface area (Å²) >= 11 is 0. The van der Waals surface area contributed by atoms with Crippen LogP contribution in [0, 0.1) is 5.92 Å². The number of rotatable bonds is 2. The molecule has 4 heteroatoms. The van der Waals surface area contributed by atoms with Crippen LogP contribution in [0.25, 0.3) is 0 Å². The van der Waals surface area contributed by atoms with E-state index in [1.807, 2.05) is 6.92 Å². The van der Waals surface area contributed by atoms with Crippen LogP contribution in [0.5, 0.6) is 0 Å². The first-order chi connectivity index (χ1) is 4.78. The SMILES string of the molecule is CC1CC1(N)C(C)S(C)(=O)=O. The van der Waals surface area contributed by atoms with Crippen molar-refractivity contribution in [3.05, 3.63) is 0 Å². The van der Waals surface area contributed by atoms with Crippen LogP contribution in [-0.2, 0) is 9.84 Å². The average Bonchev–Trinajstić information content (AvgIpc) is 2.38. The quantitative estimate of drug-likeness (QED) is 0.653. The van der Waals surface area contributed by atoms with Crippen LogP contribution in [0.1, 0.15) is 20.3 Å². The highest BCUT2D eigenvalue weighted by Gasteiger charge is 2.54. The van der Waals surface area contributed by atoms with Crippen molar-refractivity contribution in [1.82, 2.24) is 0 Å². The van der Waals surface area contributed by atoms with Gasteiger partial charge in [0.15, 0.2) is 9.84 Å². The Labute approximate surface area is 67.9 Å². The van der Waals surface area contributed by atoms with Crippen molar-refractivity contribution in [3.63, 3.8) is 0 Å². The van der Waals surface area contributed by atoms with Gasteiger partial charge in [0, 0.05) is 11.8 Å². The first kappa shape index (κ1) is 9.00. The molecular weight excluding hydrogens is 162 g/mol. The van der Waals surface area contributed by atoms with Crippen molar-refractivity contribution in [3.8, 4) is 0 Å². The van der Waals surface area contributed by atoms with Gasteiger partial charge in [0.2, 0.25) is 0 Å². The second-order valence-electron chi connectivity index (χ2n) is 3.69. The molecule has 1 aliphatic carbocycles. The Morgan fingerprint density at radius 3 is 2.09 bits per heavy atom. The van der Waals surface area contributed by atoms with E-state index < -0.39 is 20.6 Å². The third kappa shape index (κ3) is 1.42. The van der Waals surface area contributed by atoms with Gasteiger partial charge in [-0.25, -0.2) is 8.42 Å². The van der Waals surface area contributed by atoms with Gasteiger partial charge in [-0.05, 0) is 19.3 Å². The molecule has 0 aromatic rings. The standard InChI is InChI=1S/C7H15NO2S/c1-5-4-7(5,8)6(2)11(3,9)10/h5-6H,4,8H2,1-3H3. The van der Waals surface area contributed by atoms with E-state index in [0.717, 1.165) is 6.42 Å². The fourth-order valence-corrected chi connectivity index (χ4v) is 2.56. The van der Waals surface area contributed by atoms with Gasteiger partial charge in [-0.3, -0.25) is 0 Å². The van der Waals surface area contributed by atoms with Crippen molar-refractivity contribution in [2.45, 2.75) is 31.1 Å². The van der Waals surface area contributed by atoms with Crippen LogP contribution in [-0.4, -0.2) is 25.5 Å². The van der Waals surface area contributed by atoms with Gasteiger partial charge in [0.05, 0.1) is 5.25 Å². The van der Waals surface area contributed by atoms with Crippen LogP contribution >= 0.6 is 0 Å². The Bertz CT molecular complexity index is 260. The summed E-state index contributed by atoms with van der Waals surface area (Å²) in [5.41, 5.74) is 5.40. The highest BCUT2D eigenvalue weighted by Crippen LogP contribution is 2.45. The molecule has 3 atom stereocenters. The van der Waals surface area contributed by atoms with Gasteiger partial charge in [0.1, 0.15) is 0 Å². The van der Waals surface area contributed by atoms with Crippen molar-refractivity contribution >= 4 is 9.84 Å². The maximum Gasteiger partial charge on any atom is 0.151 e. The molecule has 0 bridgehead atoms. The molecule has 0 spiro atoms. The molecule has 3 nitrogen and oxygen atoms in total. The summed E-state index contributed by atoms with van der Waals surface area (Å²) in [7, 11) is -2.96. The van der Waals surface area contributed by atoms with E-state index in [0.29, 0.717) is 5.92 Å². The summed E-state index contributed by atoms with van der Waals surface area (Å²) in [5, 5.41) is -0.398. The zero-order valence-electron chi connectivity index (χ0n) is 7.16. The second kappa shape index (κ2) is 2.20. The monoisotopic (exact) mass is 177 g/mol. The molecule has 0 aromatic carbocycles. The van der Waals surface area contributed by atoms with Gasteiger partial charge in [-0.2, -0.15) is 0 Å². The van der Waals surface area contributed by atoms with E-state index in [-0.39, 0.29) is 0 Å². The van der Waals surface area contributed by atoms with Crippen molar-refractivity contribution in [1.29, 1.82) is 0 Å². The summed E-state index contributed by atoms with van der Waals surface area (Å²) < 4.78 is 22.2. The average molecular weight is 177 g/mol. The fourth-order valence-electron chi connectivity index (χ4n) is 1.44. The predicted octanol–water partition coefficient (Wildman–Crippen LogP) is 0.157. The molecule has 0 aromatic heterocycles. The molecular formula is C7H15NO2S. The van der Waals surface area contributed by atoms with Crippen LogP contribution in [0.15, 0.2) is 0 Å². The number of hydrogen-bond donors (Lipinski definition) is 1. The summed E-state index contributed by atoms with van der Waals surface area (Å²) in [4.78, 5) is 0. The molecule has 0 heterocycles. The number of nitrogens with two attached hydrogens (primary N) is 1. The molecule has 1 aliphatic rings. The normalized spacial score (nSPS) is 40.2. The summed E-state index contributed by atoms with van der Waals surface area (Å²) in [6.45, 7) is 3.68. The molecule has 66 valence electrons. The Morgan fingerprint density at radius 1 is 1.64 bits per heavy atom. The summed E-state index contributed by atoms with van der Waals surface area (Å²) in [6.07, 6.45) is 2.08. The largest absolute Gasteiger partial charge is 0.324 e. The molecule has 11 heavy (non-hydrogen) atoms.